The minimum atomic E-state index is -0.983. The van der Waals surface area contributed by atoms with Crippen molar-refractivity contribution in [1.29, 1.82) is 0 Å². The summed E-state index contributed by atoms with van der Waals surface area (Å²) in [6.45, 7) is 3.46. The number of rotatable bonds is 3. The SMILES string of the molecule is CC(C)(N=[N+]=[N-])c1oc2ccccc2c(=O)c1-c1ccccc1. The van der Waals surface area contributed by atoms with E-state index in [9.17, 15) is 4.79 Å². The molecule has 1 aromatic heterocycles. The first-order chi connectivity index (χ1) is 11.0. The normalized spacial score (nSPS) is 11.2. The van der Waals surface area contributed by atoms with Gasteiger partial charge in [0.05, 0.1) is 10.9 Å². The molecule has 0 aliphatic carbocycles. The van der Waals surface area contributed by atoms with Crippen LogP contribution in [0.4, 0.5) is 0 Å². The van der Waals surface area contributed by atoms with Crippen LogP contribution in [0.2, 0.25) is 0 Å². The van der Waals surface area contributed by atoms with Gasteiger partial charge in [0, 0.05) is 4.91 Å². The molecule has 0 unspecified atom stereocenters. The first-order valence-electron chi connectivity index (χ1n) is 7.22. The van der Waals surface area contributed by atoms with E-state index in [1.165, 1.54) is 0 Å². The van der Waals surface area contributed by atoms with Crippen molar-refractivity contribution in [2.75, 3.05) is 0 Å². The van der Waals surface area contributed by atoms with Gasteiger partial charge >= 0.3 is 0 Å². The van der Waals surface area contributed by atoms with Crippen LogP contribution < -0.4 is 5.43 Å². The fraction of sp³-hybridized carbons (Fsp3) is 0.167. The average Bonchev–Trinajstić information content (AvgIpc) is 2.55. The molecule has 5 heteroatoms. The van der Waals surface area contributed by atoms with Gasteiger partial charge in [0.2, 0.25) is 5.43 Å². The molecular formula is C18H15N3O2. The predicted molar refractivity (Wildman–Crippen MR) is 90.1 cm³/mol. The molecule has 0 radical (unpaired) electrons. The molecule has 23 heavy (non-hydrogen) atoms. The van der Waals surface area contributed by atoms with E-state index in [2.05, 4.69) is 10.0 Å². The summed E-state index contributed by atoms with van der Waals surface area (Å²) in [7, 11) is 0. The molecule has 0 saturated carbocycles. The lowest BCUT2D eigenvalue weighted by Gasteiger charge is -2.20. The van der Waals surface area contributed by atoms with Crippen LogP contribution >= 0.6 is 0 Å². The lowest BCUT2D eigenvalue weighted by atomic mass is 9.92. The van der Waals surface area contributed by atoms with Crippen molar-refractivity contribution in [3.05, 3.63) is 81.0 Å². The van der Waals surface area contributed by atoms with E-state index in [4.69, 9.17) is 9.95 Å². The van der Waals surface area contributed by atoms with Crippen molar-refractivity contribution in [3.8, 4) is 11.1 Å². The van der Waals surface area contributed by atoms with Gasteiger partial charge in [0.25, 0.3) is 0 Å². The lowest BCUT2D eigenvalue weighted by molar-refractivity contribution is 0.406. The summed E-state index contributed by atoms with van der Waals surface area (Å²) in [4.78, 5) is 15.9. The number of hydrogen-bond acceptors (Lipinski definition) is 3. The van der Waals surface area contributed by atoms with E-state index in [1.54, 1.807) is 38.1 Å². The summed E-state index contributed by atoms with van der Waals surface area (Å²) in [5.74, 6) is 0.366. The molecule has 0 aliphatic heterocycles. The second-order valence-electron chi connectivity index (χ2n) is 5.75. The Hall–Kier alpha value is -3.04. The van der Waals surface area contributed by atoms with Crippen molar-refractivity contribution in [2.45, 2.75) is 19.4 Å². The molecule has 114 valence electrons. The maximum atomic E-state index is 13.0. The van der Waals surface area contributed by atoms with Crippen LogP contribution in [0.25, 0.3) is 32.5 Å². The van der Waals surface area contributed by atoms with Gasteiger partial charge in [0.15, 0.2) is 0 Å². The molecule has 5 nitrogen and oxygen atoms in total. The number of azide groups is 1. The van der Waals surface area contributed by atoms with Crippen molar-refractivity contribution >= 4 is 11.0 Å². The first kappa shape index (κ1) is 14.9. The second-order valence-corrected chi connectivity index (χ2v) is 5.75. The molecule has 0 amide bonds. The zero-order valence-electron chi connectivity index (χ0n) is 12.9. The minimum Gasteiger partial charge on any atom is -0.459 e. The number of hydrogen-bond donors (Lipinski definition) is 0. The Morgan fingerprint density at radius 2 is 1.70 bits per heavy atom. The van der Waals surface area contributed by atoms with Gasteiger partial charge in [-0.05, 0) is 37.1 Å². The van der Waals surface area contributed by atoms with Crippen molar-refractivity contribution in [3.63, 3.8) is 0 Å². The molecule has 0 spiro atoms. The van der Waals surface area contributed by atoms with Gasteiger partial charge < -0.3 is 4.42 Å². The Balaban J connectivity index is 2.47. The minimum absolute atomic E-state index is 0.130. The third-order valence-corrected chi connectivity index (χ3v) is 3.71. The van der Waals surface area contributed by atoms with Crippen LogP contribution in [0, 0.1) is 0 Å². The van der Waals surface area contributed by atoms with Crippen LogP contribution in [0.3, 0.4) is 0 Å². The summed E-state index contributed by atoms with van der Waals surface area (Å²) in [6.07, 6.45) is 0. The number of para-hydroxylation sites is 1. The fourth-order valence-corrected chi connectivity index (χ4v) is 2.60. The third kappa shape index (κ3) is 2.58. The molecule has 0 bridgehead atoms. The fourth-order valence-electron chi connectivity index (χ4n) is 2.60. The highest BCUT2D eigenvalue weighted by molar-refractivity contribution is 5.83. The van der Waals surface area contributed by atoms with Gasteiger partial charge in [-0.15, -0.1) is 0 Å². The third-order valence-electron chi connectivity index (χ3n) is 3.71. The van der Waals surface area contributed by atoms with E-state index in [-0.39, 0.29) is 5.43 Å². The Morgan fingerprint density at radius 1 is 1.04 bits per heavy atom. The second kappa shape index (κ2) is 5.63. The quantitative estimate of drug-likeness (QED) is 0.387. The van der Waals surface area contributed by atoms with Crippen LogP contribution in [0.15, 0.2) is 68.9 Å². The van der Waals surface area contributed by atoms with Crippen LogP contribution in [-0.4, -0.2) is 0 Å². The highest BCUT2D eigenvalue weighted by atomic mass is 16.3. The molecule has 0 saturated heterocycles. The van der Waals surface area contributed by atoms with Crippen molar-refractivity contribution in [2.24, 2.45) is 5.11 Å². The van der Waals surface area contributed by atoms with Gasteiger partial charge in [-0.25, -0.2) is 0 Å². The van der Waals surface area contributed by atoms with Gasteiger partial charge in [-0.1, -0.05) is 47.6 Å². The molecule has 0 aliphatic rings. The van der Waals surface area contributed by atoms with Crippen LogP contribution in [0.1, 0.15) is 19.6 Å². The van der Waals surface area contributed by atoms with E-state index in [1.807, 2.05) is 30.3 Å². The Morgan fingerprint density at radius 3 is 2.39 bits per heavy atom. The van der Waals surface area contributed by atoms with E-state index >= 15 is 0 Å². The summed E-state index contributed by atoms with van der Waals surface area (Å²) in [5.41, 5.74) is 9.38. The number of benzene rings is 2. The number of fused-ring (bicyclic) bond motifs is 1. The summed E-state index contributed by atoms with van der Waals surface area (Å²) in [5, 5.41) is 4.32. The molecule has 2 aromatic carbocycles. The zero-order chi connectivity index (χ0) is 16.4. The van der Waals surface area contributed by atoms with Crippen molar-refractivity contribution in [1.82, 2.24) is 0 Å². The molecule has 1 heterocycles. The molecular weight excluding hydrogens is 290 g/mol. The van der Waals surface area contributed by atoms with Crippen LogP contribution in [0.5, 0.6) is 0 Å². The summed E-state index contributed by atoms with van der Waals surface area (Å²) < 4.78 is 5.98. The first-order valence-corrected chi connectivity index (χ1v) is 7.22. The molecule has 0 atom stereocenters. The lowest BCUT2D eigenvalue weighted by Crippen LogP contribution is -2.19. The van der Waals surface area contributed by atoms with Gasteiger partial charge in [-0.2, -0.15) is 0 Å². The van der Waals surface area contributed by atoms with E-state index in [0.29, 0.717) is 22.3 Å². The average molecular weight is 305 g/mol. The number of nitrogens with zero attached hydrogens (tertiary/aromatic N) is 3. The highest BCUT2D eigenvalue weighted by Gasteiger charge is 2.29. The van der Waals surface area contributed by atoms with E-state index < -0.39 is 5.54 Å². The Bertz CT molecular complexity index is 968. The smallest absolute Gasteiger partial charge is 0.200 e. The molecule has 0 N–H and O–H groups in total. The summed E-state index contributed by atoms with van der Waals surface area (Å²) in [6, 6.07) is 16.4. The Kier molecular flexibility index (Phi) is 3.64. The van der Waals surface area contributed by atoms with Gasteiger partial charge in [0.1, 0.15) is 16.9 Å². The Labute approximate surface area is 132 Å². The maximum absolute atomic E-state index is 13.0. The molecule has 3 rings (SSSR count). The van der Waals surface area contributed by atoms with Crippen LogP contribution in [-0.2, 0) is 5.54 Å². The predicted octanol–water partition coefficient (Wildman–Crippen LogP) is 5.01. The summed E-state index contributed by atoms with van der Waals surface area (Å²) >= 11 is 0. The van der Waals surface area contributed by atoms with Crippen molar-refractivity contribution < 1.29 is 4.42 Å². The molecule has 3 aromatic rings. The van der Waals surface area contributed by atoms with E-state index in [0.717, 1.165) is 5.56 Å². The zero-order valence-corrected chi connectivity index (χ0v) is 12.9. The monoisotopic (exact) mass is 305 g/mol. The maximum Gasteiger partial charge on any atom is 0.200 e. The standard InChI is InChI=1S/C18H15N3O2/c1-18(2,20-21-19)17-15(12-8-4-3-5-9-12)16(22)13-10-6-7-11-14(13)23-17/h3-11H,1-2H3. The van der Waals surface area contributed by atoms with Gasteiger partial charge in [-0.3, -0.25) is 4.79 Å². The largest absolute Gasteiger partial charge is 0.459 e. The topological polar surface area (TPSA) is 79.0 Å². The molecule has 0 fully saturated rings. The highest BCUT2D eigenvalue weighted by Crippen LogP contribution is 2.34.